The molecule has 0 saturated heterocycles. The number of rotatable bonds is 13. The van der Waals surface area contributed by atoms with Crippen molar-refractivity contribution in [2.75, 3.05) is 0 Å². The van der Waals surface area contributed by atoms with E-state index in [1.54, 1.807) is 0 Å². The molecule has 0 aromatic heterocycles. The Morgan fingerprint density at radius 2 is 1.10 bits per heavy atom. The zero-order valence-corrected chi connectivity index (χ0v) is 17.0. The van der Waals surface area contributed by atoms with Gasteiger partial charge in [-0.15, -0.1) is 0 Å². The van der Waals surface area contributed by atoms with Crippen LogP contribution in [0.5, 0.6) is 0 Å². The highest BCUT2D eigenvalue weighted by Gasteiger charge is 2.13. The first-order valence-corrected chi connectivity index (χ1v) is 10.1. The second kappa shape index (κ2) is 13.1. The summed E-state index contributed by atoms with van der Waals surface area (Å²) >= 11 is 0. The standard InChI is InChI=1S/C24H28O6/c25-22(29-17-19-9-3-1-4-10-19)15-7-13-21(24(27)28)14-8-16-23(26)30-18-20-11-5-2-6-12-20/h1-6,9-12,21H,7-8,13-18H2,(H,27,28)/p-1. The van der Waals surface area contributed by atoms with Gasteiger partial charge in [-0.25, -0.2) is 0 Å². The van der Waals surface area contributed by atoms with Crippen LogP contribution in [0.15, 0.2) is 60.7 Å². The molecule has 6 nitrogen and oxygen atoms in total. The molecule has 0 unspecified atom stereocenters. The van der Waals surface area contributed by atoms with Crippen molar-refractivity contribution in [1.82, 2.24) is 0 Å². The molecule has 0 fully saturated rings. The first-order chi connectivity index (χ1) is 14.5. The van der Waals surface area contributed by atoms with Crippen molar-refractivity contribution in [2.24, 2.45) is 5.92 Å². The van der Waals surface area contributed by atoms with Gasteiger partial charge in [-0.3, -0.25) is 9.59 Å². The quantitative estimate of drug-likeness (QED) is 0.470. The number of esters is 2. The molecule has 0 heterocycles. The summed E-state index contributed by atoms with van der Waals surface area (Å²) in [6.07, 6.45) is 1.70. The second-order valence-corrected chi connectivity index (χ2v) is 7.09. The van der Waals surface area contributed by atoms with E-state index in [2.05, 4.69) is 0 Å². The van der Waals surface area contributed by atoms with Crippen LogP contribution in [0.4, 0.5) is 0 Å². The van der Waals surface area contributed by atoms with E-state index in [4.69, 9.17) is 9.47 Å². The molecule has 0 bridgehead atoms. The van der Waals surface area contributed by atoms with Crippen LogP contribution < -0.4 is 5.11 Å². The zero-order valence-electron chi connectivity index (χ0n) is 17.0. The van der Waals surface area contributed by atoms with Gasteiger partial charge in [-0.2, -0.15) is 0 Å². The van der Waals surface area contributed by atoms with Crippen molar-refractivity contribution in [2.45, 2.75) is 51.7 Å². The Morgan fingerprint density at radius 3 is 1.47 bits per heavy atom. The summed E-state index contributed by atoms with van der Waals surface area (Å²) in [5, 5.41) is 11.3. The minimum Gasteiger partial charge on any atom is -0.550 e. The minimum absolute atomic E-state index is 0.149. The molecule has 2 aromatic rings. The van der Waals surface area contributed by atoms with E-state index in [1.165, 1.54) is 0 Å². The van der Waals surface area contributed by atoms with Gasteiger partial charge in [-0.1, -0.05) is 60.7 Å². The summed E-state index contributed by atoms with van der Waals surface area (Å²) in [5.74, 6) is -2.58. The SMILES string of the molecule is O=C(CCCC(CCCC(=O)OCc1ccccc1)C(=O)[O-])OCc1ccccc1. The normalized spacial score (nSPS) is 10.6. The molecule has 0 aliphatic rings. The maximum atomic E-state index is 11.8. The van der Waals surface area contributed by atoms with Crippen LogP contribution in [0, 0.1) is 5.92 Å². The number of carboxylic acid groups (broad SMARTS) is 1. The van der Waals surface area contributed by atoms with Crippen LogP contribution in [0.3, 0.4) is 0 Å². The molecule has 0 N–H and O–H groups in total. The lowest BCUT2D eigenvalue weighted by molar-refractivity contribution is -0.312. The van der Waals surface area contributed by atoms with Crippen molar-refractivity contribution in [3.05, 3.63) is 71.8 Å². The predicted molar refractivity (Wildman–Crippen MR) is 109 cm³/mol. The molecule has 2 rings (SSSR count). The van der Waals surface area contributed by atoms with E-state index in [0.717, 1.165) is 11.1 Å². The van der Waals surface area contributed by atoms with Crippen LogP contribution in [-0.4, -0.2) is 17.9 Å². The molecule has 30 heavy (non-hydrogen) atoms. The van der Waals surface area contributed by atoms with Gasteiger partial charge in [0, 0.05) is 18.8 Å². The van der Waals surface area contributed by atoms with Crippen LogP contribution in [0.25, 0.3) is 0 Å². The van der Waals surface area contributed by atoms with Gasteiger partial charge in [0.2, 0.25) is 0 Å². The molecule has 0 aliphatic carbocycles. The van der Waals surface area contributed by atoms with Crippen LogP contribution in [0.1, 0.15) is 49.7 Å². The lowest BCUT2D eigenvalue weighted by Crippen LogP contribution is -2.31. The van der Waals surface area contributed by atoms with Crippen molar-refractivity contribution in [3.8, 4) is 0 Å². The number of hydrogen-bond donors (Lipinski definition) is 0. The summed E-state index contributed by atoms with van der Waals surface area (Å²) in [4.78, 5) is 35.0. The smallest absolute Gasteiger partial charge is 0.306 e. The molecular formula is C24H27O6-. The maximum Gasteiger partial charge on any atom is 0.306 e. The van der Waals surface area contributed by atoms with Crippen LogP contribution >= 0.6 is 0 Å². The third-order valence-electron chi connectivity index (χ3n) is 4.69. The van der Waals surface area contributed by atoms with Crippen LogP contribution in [-0.2, 0) is 37.1 Å². The van der Waals surface area contributed by atoms with Gasteiger partial charge < -0.3 is 19.4 Å². The molecule has 160 valence electrons. The minimum atomic E-state index is -1.16. The fraction of sp³-hybridized carbons (Fsp3) is 0.375. The molecular weight excluding hydrogens is 384 g/mol. The van der Waals surface area contributed by atoms with Crippen molar-refractivity contribution in [1.29, 1.82) is 0 Å². The number of carbonyl (C=O) groups excluding carboxylic acids is 3. The third-order valence-corrected chi connectivity index (χ3v) is 4.69. The lowest BCUT2D eigenvalue weighted by Gasteiger charge is -2.17. The molecule has 0 aliphatic heterocycles. The first-order valence-electron chi connectivity index (χ1n) is 10.1. The monoisotopic (exact) mass is 411 g/mol. The molecule has 6 heteroatoms. The average molecular weight is 411 g/mol. The van der Waals surface area contributed by atoms with E-state index >= 15 is 0 Å². The number of benzene rings is 2. The summed E-state index contributed by atoms with van der Waals surface area (Å²) < 4.78 is 10.4. The first kappa shape index (κ1) is 23.1. The highest BCUT2D eigenvalue weighted by molar-refractivity contribution is 5.71. The fourth-order valence-corrected chi connectivity index (χ4v) is 2.99. The van der Waals surface area contributed by atoms with E-state index in [9.17, 15) is 19.5 Å². The Hall–Kier alpha value is -3.15. The number of carboxylic acids is 1. The van der Waals surface area contributed by atoms with Gasteiger partial charge in [0.25, 0.3) is 0 Å². The highest BCUT2D eigenvalue weighted by atomic mass is 16.5. The largest absolute Gasteiger partial charge is 0.550 e. The van der Waals surface area contributed by atoms with E-state index in [1.807, 2.05) is 60.7 Å². The Morgan fingerprint density at radius 1 is 0.700 bits per heavy atom. The van der Waals surface area contributed by atoms with E-state index in [-0.39, 0.29) is 38.0 Å². The fourth-order valence-electron chi connectivity index (χ4n) is 2.99. The number of ether oxygens (including phenoxy) is 2. The molecule has 0 saturated carbocycles. The van der Waals surface area contributed by atoms with Gasteiger partial charge in [0.05, 0.1) is 0 Å². The molecule has 0 amide bonds. The van der Waals surface area contributed by atoms with Gasteiger partial charge in [0.15, 0.2) is 0 Å². The Kier molecular flexibility index (Phi) is 10.1. The van der Waals surface area contributed by atoms with Crippen molar-refractivity contribution in [3.63, 3.8) is 0 Å². The number of carbonyl (C=O) groups is 3. The van der Waals surface area contributed by atoms with Gasteiger partial charge >= 0.3 is 11.9 Å². The predicted octanol–water partition coefficient (Wildman–Crippen LogP) is 3.18. The number of aliphatic carboxylic acids is 1. The molecule has 0 spiro atoms. The molecule has 0 atom stereocenters. The Labute approximate surface area is 176 Å². The number of hydrogen-bond acceptors (Lipinski definition) is 6. The highest BCUT2D eigenvalue weighted by Crippen LogP contribution is 2.17. The summed E-state index contributed by atoms with van der Waals surface area (Å²) in [6.45, 7) is 0.406. The second-order valence-electron chi connectivity index (χ2n) is 7.09. The lowest BCUT2D eigenvalue weighted by atomic mass is 9.96. The zero-order chi connectivity index (χ0) is 21.6. The maximum absolute atomic E-state index is 11.8. The van der Waals surface area contributed by atoms with E-state index < -0.39 is 11.9 Å². The van der Waals surface area contributed by atoms with Gasteiger partial charge in [-0.05, 0) is 42.7 Å². The van der Waals surface area contributed by atoms with E-state index in [0.29, 0.717) is 25.7 Å². The van der Waals surface area contributed by atoms with Gasteiger partial charge in [0.1, 0.15) is 13.2 Å². The summed E-state index contributed by atoms with van der Waals surface area (Å²) in [7, 11) is 0. The van der Waals surface area contributed by atoms with Crippen molar-refractivity contribution >= 4 is 17.9 Å². The Bertz CT molecular complexity index is 726. The topological polar surface area (TPSA) is 92.7 Å². The Balaban J connectivity index is 1.60. The summed E-state index contributed by atoms with van der Waals surface area (Å²) in [5.41, 5.74) is 1.80. The van der Waals surface area contributed by atoms with Crippen LogP contribution in [0.2, 0.25) is 0 Å². The summed E-state index contributed by atoms with van der Waals surface area (Å²) in [6, 6.07) is 18.7. The molecule has 2 aromatic carbocycles. The van der Waals surface area contributed by atoms with Crippen molar-refractivity contribution < 1.29 is 29.0 Å². The average Bonchev–Trinajstić information content (AvgIpc) is 2.76. The third kappa shape index (κ3) is 9.37. The molecule has 0 radical (unpaired) electrons.